The monoisotopic (exact) mass is 251 g/mol. The molecule has 3 saturated heterocycles. The summed E-state index contributed by atoms with van der Waals surface area (Å²) in [6, 6.07) is 1.47. The molecule has 5 heteroatoms. The molecule has 0 saturated carbocycles. The molecule has 0 aromatic heterocycles. The number of nitrogens with zero attached hydrogens (tertiary/aromatic N) is 1. The zero-order chi connectivity index (χ0) is 12.5. The Hall–Kier alpha value is -1.10. The van der Waals surface area contributed by atoms with Gasteiger partial charge >= 0.3 is 0 Å². The first-order valence-electron chi connectivity index (χ1n) is 7.04. The Morgan fingerprint density at radius 3 is 2.67 bits per heavy atom. The number of amides is 2. The van der Waals surface area contributed by atoms with E-state index < -0.39 is 0 Å². The van der Waals surface area contributed by atoms with Crippen LogP contribution in [0.4, 0.5) is 0 Å². The van der Waals surface area contributed by atoms with Gasteiger partial charge in [0.15, 0.2) is 0 Å². The van der Waals surface area contributed by atoms with Crippen LogP contribution < -0.4 is 10.6 Å². The summed E-state index contributed by atoms with van der Waals surface area (Å²) in [4.78, 5) is 25.0. The number of piperidine rings is 1. The van der Waals surface area contributed by atoms with Crippen LogP contribution in [0.15, 0.2) is 0 Å². The van der Waals surface area contributed by atoms with Gasteiger partial charge in [-0.15, -0.1) is 0 Å². The van der Waals surface area contributed by atoms with Gasteiger partial charge in [-0.25, -0.2) is 0 Å². The van der Waals surface area contributed by atoms with Crippen LogP contribution in [-0.4, -0.2) is 47.9 Å². The van der Waals surface area contributed by atoms with E-state index in [1.54, 1.807) is 4.90 Å². The predicted molar refractivity (Wildman–Crippen MR) is 66.9 cm³/mol. The summed E-state index contributed by atoms with van der Waals surface area (Å²) < 4.78 is 0. The van der Waals surface area contributed by atoms with Crippen molar-refractivity contribution in [3.05, 3.63) is 0 Å². The first-order chi connectivity index (χ1) is 8.70. The molecule has 3 fully saturated rings. The van der Waals surface area contributed by atoms with Crippen LogP contribution in [-0.2, 0) is 9.59 Å². The molecule has 2 atom stereocenters. The van der Waals surface area contributed by atoms with Crippen molar-refractivity contribution < 1.29 is 9.59 Å². The topological polar surface area (TPSA) is 61.4 Å². The standard InChI is InChI=1S/C13H21N3O2/c17-12(8-16-5-1-2-13(16)18)15-11-6-9-3-4-10(7-11)14-9/h9-11,14H,1-8H2,(H,15,17). The molecule has 0 aliphatic carbocycles. The van der Waals surface area contributed by atoms with Crippen LogP contribution in [0, 0.1) is 0 Å². The van der Waals surface area contributed by atoms with Gasteiger partial charge in [0.2, 0.25) is 11.8 Å². The summed E-state index contributed by atoms with van der Waals surface area (Å²) in [5.74, 6) is 0.132. The Morgan fingerprint density at radius 2 is 2.06 bits per heavy atom. The Kier molecular flexibility index (Phi) is 3.24. The Morgan fingerprint density at radius 1 is 1.33 bits per heavy atom. The van der Waals surface area contributed by atoms with Crippen molar-refractivity contribution in [3.8, 4) is 0 Å². The molecule has 5 nitrogen and oxygen atoms in total. The van der Waals surface area contributed by atoms with Crippen LogP contribution in [0.1, 0.15) is 38.5 Å². The first-order valence-corrected chi connectivity index (χ1v) is 7.04. The van der Waals surface area contributed by atoms with Crippen molar-refractivity contribution >= 4 is 11.8 Å². The number of likely N-dealkylation sites (tertiary alicyclic amines) is 1. The number of carbonyl (C=O) groups excluding carboxylic acids is 2. The summed E-state index contributed by atoms with van der Waals surface area (Å²) in [7, 11) is 0. The number of hydrogen-bond acceptors (Lipinski definition) is 3. The van der Waals surface area contributed by atoms with Gasteiger partial charge < -0.3 is 15.5 Å². The second-order valence-corrected chi connectivity index (χ2v) is 5.79. The Labute approximate surface area is 107 Å². The van der Waals surface area contributed by atoms with Crippen molar-refractivity contribution in [1.29, 1.82) is 0 Å². The third-order valence-corrected chi connectivity index (χ3v) is 4.34. The number of carbonyl (C=O) groups is 2. The fourth-order valence-electron chi connectivity index (χ4n) is 3.49. The average Bonchev–Trinajstić information content (AvgIpc) is 2.86. The number of rotatable bonds is 3. The summed E-state index contributed by atoms with van der Waals surface area (Å²) in [5.41, 5.74) is 0. The minimum absolute atomic E-state index is 0.0107. The van der Waals surface area contributed by atoms with Gasteiger partial charge in [-0.1, -0.05) is 0 Å². The van der Waals surface area contributed by atoms with Gasteiger partial charge in [-0.2, -0.15) is 0 Å². The molecule has 3 rings (SSSR count). The quantitative estimate of drug-likeness (QED) is 0.742. The molecular formula is C13H21N3O2. The summed E-state index contributed by atoms with van der Waals surface area (Å²) in [6.07, 6.45) is 6.05. The highest BCUT2D eigenvalue weighted by molar-refractivity contribution is 5.85. The maximum Gasteiger partial charge on any atom is 0.239 e. The summed E-state index contributed by atoms with van der Waals surface area (Å²) in [5, 5.41) is 6.65. The van der Waals surface area contributed by atoms with Gasteiger partial charge in [0.05, 0.1) is 6.54 Å². The molecule has 0 radical (unpaired) electrons. The van der Waals surface area contributed by atoms with E-state index in [1.807, 2.05) is 0 Å². The molecule has 2 amide bonds. The van der Waals surface area contributed by atoms with Crippen LogP contribution >= 0.6 is 0 Å². The van der Waals surface area contributed by atoms with Crippen molar-refractivity contribution in [2.75, 3.05) is 13.1 Å². The molecule has 3 aliphatic heterocycles. The first kappa shape index (κ1) is 12.0. The third kappa shape index (κ3) is 2.51. The third-order valence-electron chi connectivity index (χ3n) is 4.34. The van der Waals surface area contributed by atoms with Crippen molar-refractivity contribution in [3.63, 3.8) is 0 Å². The van der Waals surface area contributed by atoms with Gasteiger partial charge in [-0.05, 0) is 32.1 Å². The Bertz CT molecular complexity index is 346. The molecule has 0 aromatic carbocycles. The SMILES string of the molecule is O=C(CN1CCCC1=O)NC1CC2CCC(C1)N2. The van der Waals surface area contributed by atoms with E-state index in [-0.39, 0.29) is 18.4 Å². The maximum absolute atomic E-state index is 11.9. The molecule has 3 aliphatic rings. The zero-order valence-electron chi connectivity index (χ0n) is 10.7. The predicted octanol–water partition coefficient (Wildman–Crippen LogP) is 0.00800. The molecule has 0 aromatic rings. The number of hydrogen-bond donors (Lipinski definition) is 2. The van der Waals surface area contributed by atoms with Crippen molar-refractivity contribution in [2.24, 2.45) is 0 Å². The van der Waals surface area contributed by atoms with Gasteiger partial charge in [-0.3, -0.25) is 9.59 Å². The molecular weight excluding hydrogens is 230 g/mol. The normalized spacial score (nSPS) is 35.0. The van der Waals surface area contributed by atoms with E-state index in [0.29, 0.717) is 24.5 Å². The average molecular weight is 251 g/mol. The highest BCUT2D eigenvalue weighted by Crippen LogP contribution is 2.26. The lowest BCUT2D eigenvalue weighted by molar-refractivity contribution is -0.133. The molecule has 18 heavy (non-hydrogen) atoms. The van der Waals surface area contributed by atoms with E-state index >= 15 is 0 Å². The molecule has 3 heterocycles. The van der Waals surface area contributed by atoms with Crippen LogP contribution in [0.5, 0.6) is 0 Å². The van der Waals surface area contributed by atoms with Gasteiger partial charge in [0, 0.05) is 31.1 Å². The fourth-order valence-corrected chi connectivity index (χ4v) is 3.49. The highest BCUT2D eigenvalue weighted by Gasteiger charge is 2.34. The molecule has 2 unspecified atom stereocenters. The molecule has 2 N–H and O–H groups in total. The molecule has 100 valence electrons. The van der Waals surface area contributed by atoms with E-state index in [2.05, 4.69) is 10.6 Å². The minimum Gasteiger partial charge on any atom is -0.352 e. The van der Waals surface area contributed by atoms with Crippen LogP contribution in [0.3, 0.4) is 0 Å². The van der Waals surface area contributed by atoms with E-state index in [9.17, 15) is 9.59 Å². The smallest absolute Gasteiger partial charge is 0.239 e. The van der Waals surface area contributed by atoms with Crippen molar-refractivity contribution in [2.45, 2.75) is 56.7 Å². The second kappa shape index (κ2) is 4.88. The fraction of sp³-hybridized carbons (Fsp3) is 0.846. The Balaban J connectivity index is 1.47. The minimum atomic E-state index is 0.0107. The maximum atomic E-state index is 11.9. The number of nitrogens with one attached hydrogen (secondary N) is 2. The van der Waals surface area contributed by atoms with E-state index in [0.717, 1.165) is 25.8 Å². The van der Waals surface area contributed by atoms with Crippen molar-refractivity contribution in [1.82, 2.24) is 15.5 Å². The lowest BCUT2D eigenvalue weighted by Crippen LogP contribution is -2.50. The zero-order valence-corrected chi connectivity index (χ0v) is 10.7. The molecule has 2 bridgehead atoms. The lowest BCUT2D eigenvalue weighted by Gasteiger charge is -2.30. The largest absolute Gasteiger partial charge is 0.352 e. The molecule has 0 spiro atoms. The van der Waals surface area contributed by atoms with Crippen LogP contribution in [0.2, 0.25) is 0 Å². The second-order valence-electron chi connectivity index (χ2n) is 5.79. The van der Waals surface area contributed by atoms with E-state index in [4.69, 9.17) is 0 Å². The lowest BCUT2D eigenvalue weighted by atomic mass is 10.00. The summed E-state index contributed by atoms with van der Waals surface area (Å²) in [6.45, 7) is 0.988. The summed E-state index contributed by atoms with van der Waals surface area (Å²) >= 11 is 0. The highest BCUT2D eigenvalue weighted by atomic mass is 16.2. The number of fused-ring (bicyclic) bond motifs is 2. The van der Waals surface area contributed by atoms with Gasteiger partial charge in [0.1, 0.15) is 0 Å². The van der Waals surface area contributed by atoms with Crippen LogP contribution in [0.25, 0.3) is 0 Å². The van der Waals surface area contributed by atoms with E-state index in [1.165, 1.54) is 12.8 Å². The van der Waals surface area contributed by atoms with Gasteiger partial charge in [0.25, 0.3) is 0 Å².